The van der Waals surface area contributed by atoms with Crippen LogP contribution in [0.4, 0.5) is 0 Å². The first-order valence-electron chi connectivity index (χ1n) is 16.6. The summed E-state index contributed by atoms with van der Waals surface area (Å²) in [4.78, 5) is 5.15. The van der Waals surface area contributed by atoms with Crippen molar-refractivity contribution < 1.29 is 0 Å². The van der Waals surface area contributed by atoms with E-state index in [-0.39, 0.29) is 0 Å². The summed E-state index contributed by atoms with van der Waals surface area (Å²) in [5.74, 6) is 0.934. The van der Waals surface area contributed by atoms with Gasteiger partial charge in [-0.3, -0.25) is 4.57 Å². The maximum absolute atomic E-state index is 5.15. The lowest BCUT2D eigenvalue weighted by molar-refractivity contribution is 1.10. The summed E-state index contributed by atoms with van der Waals surface area (Å²) in [6.45, 7) is 0. The molecule has 0 aliphatic carbocycles. The fraction of sp³-hybridized carbons (Fsp3) is 0. The van der Waals surface area contributed by atoms with Gasteiger partial charge in [0.1, 0.15) is 5.82 Å². The van der Waals surface area contributed by atoms with Crippen LogP contribution in [0.5, 0.6) is 0 Å². The molecule has 228 valence electrons. The number of rotatable bonds is 3. The van der Waals surface area contributed by atoms with E-state index in [1.165, 1.54) is 63.5 Å². The molecule has 0 saturated heterocycles. The fourth-order valence-corrected chi connectivity index (χ4v) is 9.28. The zero-order valence-corrected chi connectivity index (χ0v) is 27.2. The highest BCUT2D eigenvalue weighted by atomic mass is 32.1. The molecule has 0 aliphatic heterocycles. The van der Waals surface area contributed by atoms with Crippen molar-refractivity contribution in [3.05, 3.63) is 164 Å². The van der Waals surface area contributed by atoms with E-state index in [2.05, 4.69) is 173 Å². The molecule has 3 heterocycles. The van der Waals surface area contributed by atoms with Crippen molar-refractivity contribution in [3.8, 4) is 22.8 Å². The number of thiophene rings is 1. The average Bonchev–Trinajstić information content (AvgIpc) is 3.86. The summed E-state index contributed by atoms with van der Waals surface area (Å²) in [6.07, 6.45) is 0. The maximum Gasteiger partial charge on any atom is 0.145 e. The van der Waals surface area contributed by atoms with E-state index in [0.29, 0.717) is 0 Å². The minimum Gasteiger partial charge on any atom is -0.308 e. The second-order valence-electron chi connectivity index (χ2n) is 12.7. The molecule has 0 radical (unpaired) electrons. The topological polar surface area (TPSA) is 22.8 Å². The lowest BCUT2D eigenvalue weighted by Gasteiger charge is -2.13. The van der Waals surface area contributed by atoms with Gasteiger partial charge < -0.3 is 4.57 Å². The van der Waals surface area contributed by atoms with Crippen molar-refractivity contribution in [1.82, 2.24) is 14.1 Å². The number of benzene rings is 8. The highest BCUT2D eigenvalue weighted by molar-refractivity contribution is 7.27. The Morgan fingerprint density at radius 1 is 0.429 bits per heavy atom. The van der Waals surface area contributed by atoms with Crippen LogP contribution in [-0.2, 0) is 0 Å². The van der Waals surface area contributed by atoms with Crippen LogP contribution >= 0.6 is 11.3 Å². The van der Waals surface area contributed by atoms with Crippen molar-refractivity contribution in [2.45, 2.75) is 0 Å². The minimum atomic E-state index is 0.934. The van der Waals surface area contributed by atoms with E-state index in [0.717, 1.165) is 33.8 Å². The van der Waals surface area contributed by atoms with Crippen molar-refractivity contribution in [3.63, 3.8) is 0 Å². The Kier molecular flexibility index (Phi) is 5.54. The molecule has 0 spiro atoms. The maximum atomic E-state index is 5.15. The average molecular weight is 642 g/mol. The van der Waals surface area contributed by atoms with Crippen LogP contribution in [0.3, 0.4) is 0 Å². The van der Waals surface area contributed by atoms with Gasteiger partial charge in [-0.25, -0.2) is 4.98 Å². The monoisotopic (exact) mass is 641 g/mol. The van der Waals surface area contributed by atoms with Gasteiger partial charge in [-0.2, -0.15) is 0 Å². The number of hydrogen-bond donors (Lipinski definition) is 0. The number of aromatic nitrogens is 3. The number of imidazole rings is 1. The van der Waals surface area contributed by atoms with Crippen molar-refractivity contribution in [2.75, 3.05) is 0 Å². The van der Waals surface area contributed by atoms with Crippen molar-refractivity contribution in [2.24, 2.45) is 0 Å². The standard InChI is InChI=1S/C45H27N3S/c1-2-13-30(14-3-1)47-38-20-10-9-19-37(38)46-45(47)29-22-25-31(26-23-29)48-42-32-15-5-4-12-28(32)24-27-36(42)41-43(48)34-17-7-6-16-33(34)40-35-18-8-11-21-39(35)49-44(40)41/h1-27H. The smallest absolute Gasteiger partial charge is 0.145 e. The van der Waals surface area contributed by atoms with E-state index in [1.54, 1.807) is 0 Å². The molecule has 0 fully saturated rings. The third-order valence-electron chi connectivity index (χ3n) is 10.1. The van der Waals surface area contributed by atoms with Crippen LogP contribution in [0.2, 0.25) is 0 Å². The molecule has 3 aromatic heterocycles. The quantitative estimate of drug-likeness (QED) is 0.188. The Bertz CT molecular complexity index is 3090. The molecule has 11 rings (SSSR count). The zero-order valence-electron chi connectivity index (χ0n) is 26.3. The molecule has 0 atom stereocenters. The first kappa shape index (κ1) is 26.8. The van der Waals surface area contributed by atoms with E-state index < -0.39 is 0 Å². The Morgan fingerprint density at radius 2 is 1.10 bits per heavy atom. The summed E-state index contributed by atoms with van der Waals surface area (Å²) < 4.78 is 7.46. The van der Waals surface area contributed by atoms with Gasteiger partial charge >= 0.3 is 0 Å². The van der Waals surface area contributed by atoms with Crippen molar-refractivity contribution in [1.29, 1.82) is 0 Å². The molecule has 0 N–H and O–H groups in total. The highest BCUT2D eigenvalue weighted by Gasteiger charge is 2.23. The van der Waals surface area contributed by atoms with Crippen LogP contribution in [-0.4, -0.2) is 14.1 Å². The number of hydrogen-bond acceptors (Lipinski definition) is 2. The van der Waals surface area contributed by atoms with Gasteiger partial charge in [0.25, 0.3) is 0 Å². The first-order valence-corrected chi connectivity index (χ1v) is 17.5. The van der Waals surface area contributed by atoms with Gasteiger partial charge in [-0.15, -0.1) is 11.3 Å². The zero-order chi connectivity index (χ0) is 32.1. The Labute approximate surface area is 285 Å². The van der Waals surface area contributed by atoms with E-state index in [9.17, 15) is 0 Å². The van der Waals surface area contributed by atoms with Crippen LogP contribution < -0.4 is 0 Å². The second-order valence-corrected chi connectivity index (χ2v) is 13.8. The molecule has 3 nitrogen and oxygen atoms in total. The Balaban J connectivity index is 1.25. The summed E-state index contributed by atoms with van der Waals surface area (Å²) in [5.41, 5.74) is 7.89. The first-order chi connectivity index (χ1) is 24.3. The molecule has 11 aromatic rings. The van der Waals surface area contributed by atoms with Crippen molar-refractivity contribution >= 4 is 85.9 Å². The molecule has 0 aliphatic rings. The highest BCUT2D eigenvalue weighted by Crippen LogP contribution is 2.49. The van der Waals surface area contributed by atoms with Gasteiger partial charge in [-0.1, -0.05) is 109 Å². The Hall–Kier alpha value is -6.23. The third-order valence-corrected chi connectivity index (χ3v) is 11.3. The molecular formula is C45H27N3S. The normalized spacial score (nSPS) is 12.1. The van der Waals surface area contributed by atoms with Crippen LogP contribution in [0.25, 0.3) is 97.3 Å². The predicted molar refractivity (Wildman–Crippen MR) is 209 cm³/mol. The number of para-hydroxylation sites is 3. The molecule has 8 aromatic carbocycles. The third kappa shape index (κ3) is 3.75. The van der Waals surface area contributed by atoms with Gasteiger partial charge in [0.2, 0.25) is 0 Å². The van der Waals surface area contributed by atoms with Crippen LogP contribution in [0.1, 0.15) is 0 Å². The van der Waals surface area contributed by atoms with Gasteiger partial charge in [0, 0.05) is 58.7 Å². The fourth-order valence-electron chi connectivity index (χ4n) is 8.01. The second kappa shape index (κ2) is 10.1. The number of nitrogens with zero attached hydrogens (tertiary/aromatic N) is 3. The molecule has 0 bridgehead atoms. The van der Waals surface area contributed by atoms with Gasteiger partial charge in [-0.05, 0) is 65.4 Å². The molecule has 0 unspecified atom stereocenters. The van der Waals surface area contributed by atoms with E-state index in [4.69, 9.17) is 4.98 Å². The van der Waals surface area contributed by atoms with Crippen LogP contribution in [0, 0.1) is 0 Å². The predicted octanol–water partition coefficient (Wildman–Crippen LogP) is 12.5. The van der Waals surface area contributed by atoms with E-state index >= 15 is 0 Å². The molecule has 0 amide bonds. The summed E-state index contributed by atoms with van der Waals surface area (Å²) in [7, 11) is 0. The van der Waals surface area contributed by atoms with Gasteiger partial charge in [0.15, 0.2) is 0 Å². The lowest BCUT2D eigenvalue weighted by atomic mass is 9.99. The SMILES string of the molecule is c1ccc(-n2c(-c3ccc(-n4c5c6ccccc6ccc5c5c6sc7ccccc7c6c6ccccc6c54)cc3)nc3ccccc32)cc1. The summed E-state index contributed by atoms with van der Waals surface area (Å²) >= 11 is 1.91. The van der Waals surface area contributed by atoms with E-state index in [1.807, 2.05) is 11.3 Å². The Morgan fingerprint density at radius 3 is 1.96 bits per heavy atom. The molecule has 49 heavy (non-hydrogen) atoms. The van der Waals surface area contributed by atoms with Gasteiger partial charge in [0.05, 0.1) is 22.1 Å². The molecular weight excluding hydrogens is 615 g/mol. The lowest BCUT2D eigenvalue weighted by Crippen LogP contribution is -1.98. The molecule has 4 heteroatoms. The number of fused-ring (bicyclic) bond motifs is 13. The largest absolute Gasteiger partial charge is 0.308 e. The van der Waals surface area contributed by atoms with Crippen LogP contribution in [0.15, 0.2) is 164 Å². The molecule has 0 saturated carbocycles. The summed E-state index contributed by atoms with van der Waals surface area (Å²) in [5, 5.41) is 10.3. The summed E-state index contributed by atoms with van der Waals surface area (Å²) in [6, 6.07) is 59.2. The minimum absolute atomic E-state index is 0.934.